The number of nitrogens with one attached hydrogen (secondary N) is 2. The molecule has 1 amide bonds. The Labute approximate surface area is 141 Å². The van der Waals surface area contributed by atoms with Crippen LogP contribution in [0.1, 0.15) is 42.2 Å². The number of carbonyl (C=O) groups excluding carboxylic acids is 1. The lowest BCUT2D eigenvalue weighted by Crippen LogP contribution is -2.15. The predicted molar refractivity (Wildman–Crippen MR) is 94.2 cm³/mol. The molecule has 2 aromatic rings. The van der Waals surface area contributed by atoms with Crippen molar-refractivity contribution in [3.63, 3.8) is 0 Å². The van der Waals surface area contributed by atoms with Gasteiger partial charge < -0.3 is 10.6 Å². The van der Waals surface area contributed by atoms with Crippen LogP contribution in [-0.4, -0.2) is 22.4 Å². The van der Waals surface area contributed by atoms with E-state index in [0.29, 0.717) is 16.5 Å². The monoisotopic (exact) mass is 332 g/mol. The van der Waals surface area contributed by atoms with E-state index in [0.717, 1.165) is 18.5 Å². The summed E-state index contributed by atoms with van der Waals surface area (Å²) in [5.74, 6) is 0.372. The number of hydrogen-bond acceptors (Lipinski definition) is 4. The highest BCUT2D eigenvalue weighted by Crippen LogP contribution is 2.20. The van der Waals surface area contributed by atoms with Gasteiger partial charge in [-0.05, 0) is 31.0 Å². The Bertz CT molecular complexity index is 658. The topological polar surface area (TPSA) is 66.9 Å². The molecule has 1 heterocycles. The number of carbonyl (C=O) groups is 1. The first-order chi connectivity index (χ1) is 11.1. The van der Waals surface area contributed by atoms with E-state index in [2.05, 4.69) is 27.5 Å². The first kappa shape index (κ1) is 17.2. The van der Waals surface area contributed by atoms with E-state index in [1.807, 2.05) is 13.0 Å². The van der Waals surface area contributed by atoms with Gasteiger partial charge in [0, 0.05) is 17.3 Å². The highest BCUT2D eigenvalue weighted by molar-refractivity contribution is 6.31. The Morgan fingerprint density at radius 3 is 2.74 bits per heavy atom. The summed E-state index contributed by atoms with van der Waals surface area (Å²) in [7, 11) is 0. The van der Waals surface area contributed by atoms with E-state index in [1.165, 1.54) is 19.0 Å². The molecule has 122 valence electrons. The van der Waals surface area contributed by atoms with Crippen LogP contribution in [-0.2, 0) is 0 Å². The molecule has 1 aromatic carbocycles. The third-order valence-corrected chi connectivity index (χ3v) is 3.65. The van der Waals surface area contributed by atoms with E-state index >= 15 is 0 Å². The molecule has 6 heteroatoms. The van der Waals surface area contributed by atoms with Gasteiger partial charge in [0.15, 0.2) is 0 Å². The zero-order chi connectivity index (χ0) is 16.7. The van der Waals surface area contributed by atoms with Gasteiger partial charge in [-0.15, -0.1) is 0 Å². The first-order valence-corrected chi connectivity index (χ1v) is 8.11. The fourth-order valence-corrected chi connectivity index (χ4v) is 2.22. The standard InChI is InChI=1S/C17H21ClN4O/c1-3-4-5-8-19-16-11-20-15(10-21-16)17(23)22-14-9-13(18)7-6-12(14)2/h6-7,9-11H,3-5,8H2,1-2H3,(H,19,21)(H,22,23). The largest absolute Gasteiger partial charge is 0.369 e. The van der Waals surface area contributed by atoms with Crippen LogP contribution < -0.4 is 10.6 Å². The number of nitrogens with zero attached hydrogens (tertiary/aromatic N) is 2. The maximum Gasteiger partial charge on any atom is 0.275 e. The lowest BCUT2D eigenvalue weighted by molar-refractivity contribution is 0.102. The number of hydrogen-bond donors (Lipinski definition) is 2. The molecule has 0 bridgehead atoms. The van der Waals surface area contributed by atoms with Crippen molar-refractivity contribution in [1.82, 2.24) is 9.97 Å². The highest BCUT2D eigenvalue weighted by Gasteiger charge is 2.10. The van der Waals surface area contributed by atoms with Crippen molar-refractivity contribution in [2.75, 3.05) is 17.2 Å². The number of halogens is 1. The molecule has 2 rings (SSSR count). The summed E-state index contributed by atoms with van der Waals surface area (Å²) in [4.78, 5) is 20.6. The maximum absolute atomic E-state index is 12.2. The second-order valence-electron chi connectivity index (χ2n) is 5.33. The number of aromatic nitrogens is 2. The minimum absolute atomic E-state index is 0.267. The van der Waals surface area contributed by atoms with E-state index in [1.54, 1.807) is 18.3 Å². The summed E-state index contributed by atoms with van der Waals surface area (Å²) >= 11 is 5.95. The molecule has 0 saturated carbocycles. The molecule has 0 aliphatic heterocycles. The maximum atomic E-state index is 12.2. The van der Waals surface area contributed by atoms with Gasteiger partial charge in [-0.2, -0.15) is 0 Å². The molecule has 2 N–H and O–H groups in total. The quantitative estimate of drug-likeness (QED) is 0.742. The Morgan fingerprint density at radius 1 is 1.22 bits per heavy atom. The third kappa shape index (κ3) is 5.21. The second kappa shape index (κ2) is 8.48. The zero-order valence-electron chi connectivity index (χ0n) is 13.4. The number of benzene rings is 1. The normalized spacial score (nSPS) is 10.4. The van der Waals surface area contributed by atoms with Crippen LogP contribution in [0.4, 0.5) is 11.5 Å². The van der Waals surface area contributed by atoms with Gasteiger partial charge in [0.05, 0.1) is 12.4 Å². The molecule has 0 aliphatic carbocycles. The zero-order valence-corrected chi connectivity index (χ0v) is 14.2. The highest BCUT2D eigenvalue weighted by atomic mass is 35.5. The average molecular weight is 333 g/mol. The molecule has 0 atom stereocenters. The molecule has 0 saturated heterocycles. The molecule has 5 nitrogen and oxygen atoms in total. The minimum Gasteiger partial charge on any atom is -0.369 e. The van der Waals surface area contributed by atoms with Crippen molar-refractivity contribution in [3.05, 3.63) is 46.9 Å². The third-order valence-electron chi connectivity index (χ3n) is 3.42. The van der Waals surface area contributed by atoms with Crippen LogP contribution >= 0.6 is 11.6 Å². The number of aryl methyl sites for hydroxylation is 1. The summed E-state index contributed by atoms with van der Waals surface area (Å²) in [5.41, 5.74) is 1.87. The number of unbranched alkanes of at least 4 members (excludes halogenated alkanes) is 2. The predicted octanol–water partition coefficient (Wildman–Crippen LogP) is 4.29. The summed E-state index contributed by atoms with van der Waals surface area (Å²) in [5, 5.41) is 6.56. The molecule has 0 spiro atoms. The van der Waals surface area contributed by atoms with Crippen molar-refractivity contribution in [1.29, 1.82) is 0 Å². The van der Waals surface area contributed by atoms with Gasteiger partial charge in [0.1, 0.15) is 11.5 Å². The Morgan fingerprint density at radius 2 is 2.04 bits per heavy atom. The fraction of sp³-hybridized carbons (Fsp3) is 0.353. The van der Waals surface area contributed by atoms with Gasteiger partial charge in [-0.3, -0.25) is 4.79 Å². The average Bonchev–Trinajstić information content (AvgIpc) is 2.55. The molecule has 0 fully saturated rings. The molecule has 1 aromatic heterocycles. The van der Waals surface area contributed by atoms with Crippen LogP contribution in [0.15, 0.2) is 30.6 Å². The SMILES string of the molecule is CCCCCNc1cnc(C(=O)Nc2cc(Cl)ccc2C)cn1. The van der Waals surface area contributed by atoms with E-state index in [9.17, 15) is 4.79 Å². The van der Waals surface area contributed by atoms with Crippen LogP contribution in [0.2, 0.25) is 5.02 Å². The Hall–Kier alpha value is -2.14. The van der Waals surface area contributed by atoms with Gasteiger partial charge >= 0.3 is 0 Å². The summed E-state index contributed by atoms with van der Waals surface area (Å²) in [6.07, 6.45) is 6.49. The van der Waals surface area contributed by atoms with E-state index < -0.39 is 0 Å². The van der Waals surface area contributed by atoms with Crippen molar-refractivity contribution >= 4 is 29.0 Å². The van der Waals surface area contributed by atoms with Crippen molar-refractivity contribution < 1.29 is 4.79 Å². The fourth-order valence-electron chi connectivity index (χ4n) is 2.04. The molecular formula is C17H21ClN4O. The van der Waals surface area contributed by atoms with Gasteiger partial charge in [0.2, 0.25) is 0 Å². The van der Waals surface area contributed by atoms with Gasteiger partial charge in [-0.25, -0.2) is 9.97 Å². The summed E-state index contributed by atoms with van der Waals surface area (Å²) in [6, 6.07) is 5.35. The number of rotatable bonds is 7. The molecule has 0 unspecified atom stereocenters. The van der Waals surface area contributed by atoms with Gasteiger partial charge in [0.25, 0.3) is 5.91 Å². The minimum atomic E-state index is -0.305. The van der Waals surface area contributed by atoms with Crippen LogP contribution in [0, 0.1) is 6.92 Å². The van der Waals surface area contributed by atoms with Crippen LogP contribution in [0.3, 0.4) is 0 Å². The second-order valence-corrected chi connectivity index (χ2v) is 5.77. The number of anilines is 2. The smallest absolute Gasteiger partial charge is 0.275 e. The lowest BCUT2D eigenvalue weighted by Gasteiger charge is -2.09. The van der Waals surface area contributed by atoms with Crippen molar-refractivity contribution in [2.24, 2.45) is 0 Å². The van der Waals surface area contributed by atoms with Gasteiger partial charge in [-0.1, -0.05) is 37.4 Å². The van der Waals surface area contributed by atoms with Crippen LogP contribution in [0.5, 0.6) is 0 Å². The molecular weight excluding hydrogens is 312 g/mol. The Kier molecular flexibility index (Phi) is 6.35. The molecule has 0 radical (unpaired) electrons. The van der Waals surface area contributed by atoms with E-state index in [4.69, 9.17) is 11.6 Å². The molecule has 0 aliphatic rings. The van der Waals surface area contributed by atoms with Crippen LogP contribution in [0.25, 0.3) is 0 Å². The summed E-state index contributed by atoms with van der Waals surface area (Å²) < 4.78 is 0. The number of amides is 1. The van der Waals surface area contributed by atoms with Crippen molar-refractivity contribution in [2.45, 2.75) is 33.1 Å². The molecule has 23 heavy (non-hydrogen) atoms. The lowest BCUT2D eigenvalue weighted by atomic mass is 10.2. The van der Waals surface area contributed by atoms with Crippen molar-refractivity contribution in [3.8, 4) is 0 Å². The summed E-state index contributed by atoms with van der Waals surface area (Å²) in [6.45, 7) is 4.92. The first-order valence-electron chi connectivity index (χ1n) is 7.73. The Balaban J connectivity index is 1.96. The van der Waals surface area contributed by atoms with E-state index in [-0.39, 0.29) is 11.6 Å².